The molecule has 0 atom stereocenters. The highest BCUT2D eigenvalue weighted by molar-refractivity contribution is 6.12. The second kappa shape index (κ2) is 10.8. The molecule has 7 rings (SSSR count). The van der Waals surface area contributed by atoms with Gasteiger partial charge in [0.2, 0.25) is 0 Å². The van der Waals surface area contributed by atoms with Crippen molar-refractivity contribution < 1.29 is 29.7 Å². The summed E-state index contributed by atoms with van der Waals surface area (Å²) in [7, 11) is 0. The largest absolute Gasteiger partial charge is 0.478 e. The molecule has 0 spiro atoms. The topological polar surface area (TPSA) is 112 Å². The van der Waals surface area contributed by atoms with Gasteiger partial charge in [0.25, 0.3) is 0 Å². The van der Waals surface area contributed by atoms with Gasteiger partial charge in [-0.15, -0.1) is 0 Å². The summed E-state index contributed by atoms with van der Waals surface area (Å²) < 4.78 is 0. The van der Waals surface area contributed by atoms with E-state index >= 15 is 0 Å². The van der Waals surface area contributed by atoms with Crippen molar-refractivity contribution in [2.45, 2.75) is 0 Å². The zero-order valence-electron chi connectivity index (χ0n) is 23.7. The number of carbonyl (C=O) groups is 3. The van der Waals surface area contributed by atoms with Crippen LogP contribution < -0.4 is 0 Å². The maximum Gasteiger partial charge on any atom is 0.336 e. The second-order valence-electron chi connectivity index (χ2n) is 10.8. The Morgan fingerprint density at radius 2 is 0.578 bits per heavy atom. The van der Waals surface area contributed by atoms with Gasteiger partial charge in [-0.1, -0.05) is 91.0 Å². The Bertz CT molecular complexity index is 2090. The molecule has 0 aliphatic carbocycles. The Hall–Kier alpha value is -6.27. The van der Waals surface area contributed by atoms with E-state index in [0.29, 0.717) is 16.2 Å². The van der Waals surface area contributed by atoms with Crippen LogP contribution >= 0.6 is 0 Å². The lowest BCUT2D eigenvalue weighted by atomic mass is 9.87. The lowest BCUT2D eigenvalue weighted by Crippen LogP contribution is -1.98. The molecule has 216 valence electrons. The normalized spacial score (nSPS) is 11.2. The molecule has 0 aliphatic rings. The number of fused-ring (bicyclic) bond motifs is 3. The van der Waals surface area contributed by atoms with Crippen molar-refractivity contribution in [2.24, 2.45) is 0 Å². The van der Waals surface area contributed by atoms with E-state index in [1.54, 1.807) is 54.6 Å². The van der Waals surface area contributed by atoms with E-state index in [-0.39, 0.29) is 16.7 Å². The molecule has 3 N–H and O–H groups in total. The van der Waals surface area contributed by atoms with Crippen LogP contribution in [0.15, 0.2) is 127 Å². The molecule has 0 aromatic heterocycles. The highest BCUT2D eigenvalue weighted by Gasteiger charge is 2.17. The predicted octanol–water partition coefficient (Wildman–Crippen LogP) is 9.24. The van der Waals surface area contributed by atoms with E-state index in [9.17, 15) is 29.7 Å². The molecular formula is C39H24O6. The Morgan fingerprint density at radius 1 is 0.333 bits per heavy atom. The highest BCUT2D eigenvalue weighted by Crippen LogP contribution is 2.40. The second-order valence-corrected chi connectivity index (χ2v) is 10.8. The Balaban J connectivity index is 1.56. The minimum Gasteiger partial charge on any atom is -0.478 e. The Labute approximate surface area is 257 Å². The van der Waals surface area contributed by atoms with E-state index in [0.717, 1.165) is 49.5 Å². The zero-order chi connectivity index (χ0) is 31.2. The third-order valence-corrected chi connectivity index (χ3v) is 8.32. The molecule has 0 fully saturated rings. The van der Waals surface area contributed by atoms with Crippen molar-refractivity contribution in [3.05, 3.63) is 144 Å². The molecule has 7 aromatic carbocycles. The van der Waals surface area contributed by atoms with Crippen LogP contribution in [0.2, 0.25) is 0 Å². The molecule has 0 saturated heterocycles. The van der Waals surface area contributed by atoms with E-state index in [1.807, 2.05) is 72.8 Å². The molecular weight excluding hydrogens is 564 g/mol. The fraction of sp³-hybridized carbons (Fsp3) is 0. The molecule has 0 bridgehead atoms. The van der Waals surface area contributed by atoms with Gasteiger partial charge in [-0.3, -0.25) is 0 Å². The lowest BCUT2D eigenvalue weighted by molar-refractivity contribution is 0.0688. The van der Waals surface area contributed by atoms with Crippen LogP contribution in [0.4, 0.5) is 0 Å². The summed E-state index contributed by atoms with van der Waals surface area (Å²) in [4.78, 5) is 36.2. The van der Waals surface area contributed by atoms with E-state index in [1.165, 1.54) is 0 Å². The first kappa shape index (κ1) is 27.6. The van der Waals surface area contributed by atoms with Gasteiger partial charge in [0.05, 0.1) is 16.7 Å². The minimum absolute atomic E-state index is 0.205. The van der Waals surface area contributed by atoms with Gasteiger partial charge in [-0.25, -0.2) is 14.4 Å². The SMILES string of the molecule is O=C(O)c1cccc2c(-c3cc(-c4cccc5c(C(=O)O)cccc45)cc(-c4cccc5c(C(=O)O)cccc45)c3)cccc12. The molecule has 6 nitrogen and oxygen atoms in total. The zero-order valence-corrected chi connectivity index (χ0v) is 23.7. The maximum absolute atomic E-state index is 12.1. The van der Waals surface area contributed by atoms with Crippen molar-refractivity contribution in [1.29, 1.82) is 0 Å². The van der Waals surface area contributed by atoms with E-state index in [4.69, 9.17) is 0 Å². The quantitative estimate of drug-likeness (QED) is 0.179. The summed E-state index contributed by atoms with van der Waals surface area (Å²) in [6.45, 7) is 0. The number of carboxylic acids is 3. The number of benzene rings is 7. The molecule has 7 aromatic rings. The first-order chi connectivity index (χ1) is 21.8. The number of rotatable bonds is 6. The van der Waals surface area contributed by atoms with Gasteiger partial charge in [0.1, 0.15) is 0 Å². The summed E-state index contributed by atoms with van der Waals surface area (Å²) >= 11 is 0. The van der Waals surface area contributed by atoms with Gasteiger partial charge < -0.3 is 15.3 Å². The van der Waals surface area contributed by atoms with Gasteiger partial charge in [-0.2, -0.15) is 0 Å². The van der Waals surface area contributed by atoms with Crippen LogP contribution in [0.1, 0.15) is 31.1 Å². The smallest absolute Gasteiger partial charge is 0.336 e. The van der Waals surface area contributed by atoms with Gasteiger partial charge in [0, 0.05) is 0 Å². The molecule has 6 heteroatoms. The third kappa shape index (κ3) is 4.65. The fourth-order valence-corrected chi connectivity index (χ4v) is 6.34. The van der Waals surface area contributed by atoms with Crippen molar-refractivity contribution in [1.82, 2.24) is 0 Å². The summed E-state index contributed by atoms with van der Waals surface area (Å²) in [5.41, 5.74) is 5.59. The first-order valence-corrected chi connectivity index (χ1v) is 14.2. The van der Waals surface area contributed by atoms with Crippen LogP contribution in [-0.2, 0) is 0 Å². The van der Waals surface area contributed by atoms with Gasteiger partial charge >= 0.3 is 17.9 Å². The standard InChI is InChI=1S/C39H24O6/c40-37(41)34-16-4-10-28-25(7-1-13-31(28)34)22-19-23(26-8-2-14-32-29(26)11-5-17-35(32)38(42)43)21-24(20-22)27-9-3-15-33-30(27)12-6-18-36(33)39(44)45/h1-21H,(H,40,41)(H,42,43)(H,44,45). The van der Waals surface area contributed by atoms with E-state index < -0.39 is 17.9 Å². The fourth-order valence-electron chi connectivity index (χ4n) is 6.34. The molecule has 0 radical (unpaired) electrons. The Kier molecular flexibility index (Phi) is 6.60. The van der Waals surface area contributed by atoms with Gasteiger partial charge in [-0.05, 0) is 102 Å². The summed E-state index contributed by atoms with van der Waals surface area (Å²) in [5, 5.41) is 33.8. The molecule has 0 saturated carbocycles. The number of carboxylic acid groups (broad SMARTS) is 3. The third-order valence-electron chi connectivity index (χ3n) is 8.32. The summed E-state index contributed by atoms with van der Waals surface area (Å²) in [6.07, 6.45) is 0. The number of aromatic carboxylic acids is 3. The first-order valence-electron chi connectivity index (χ1n) is 14.2. The number of hydrogen-bond donors (Lipinski definition) is 3. The van der Waals surface area contributed by atoms with Crippen molar-refractivity contribution in [2.75, 3.05) is 0 Å². The Morgan fingerprint density at radius 3 is 0.844 bits per heavy atom. The number of hydrogen-bond acceptors (Lipinski definition) is 3. The maximum atomic E-state index is 12.1. The predicted molar refractivity (Wildman–Crippen MR) is 176 cm³/mol. The molecule has 0 aliphatic heterocycles. The highest BCUT2D eigenvalue weighted by atomic mass is 16.4. The summed E-state index contributed by atoms with van der Waals surface area (Å²) in [5.74, 6) is -3.04. The lowest BCUT2D eigenvalue weighted by Gasteiger charge is -2.16. The van der Waals surface area contributed by atoms with Crippen LogP contribution in [0.3, 0.4) is 0 Å². The average molecular weight is 589 g/mol. The molecule has 45 heavy (non-hydrogen) atoms. The van der Waals surface area contributed by atoms with Crippen molar-refractivity contribution >= 4 is 50.2 Å². The molecule has 0 heterocycles. The van der Waals surface area contributed by atoms with Crippen LogP contribution in [0.25, 0.3) is 65.7 Å². The summed E-state index contributed by atoms with van der Waals surface area (Å²) in [6, 6.07) is 38.5. The van der Waals surface area contributed by atoms with Crippen molar-refractivity contribution in [3.8, 4) is 33.4 Å². The average Bonchev–Trinajstić information content (AvgIpc) is 3.06. The van der Waals surface area contributed by atoms with Crippen LogP contribution in [0, 0.1) is 0 Å². The molecule has 0 amide bonds. The van der Waals surface area contributed by atoms with Crippen LogP contribution in [0.5, 0.6) is 0 Å². The van der Waals surface area contributed by atoms with Crippen molar-refractivity contribution in [3.63, 3.8) is 0 Å². The monoisotopic (exact) mass is 588 g/mol. The minimum atomic E-state index is -1.01. The van der Waals surface area contributed by atoms with Crippen LogP contribution in [-0.4, -0.2) is 33.2 Å². The molecule has 0 unspecified atom stereocenters. The van der Waals surface area contributed by atoms with Gasteiger partial charge in [0.15, 0.2) is 0 Å². The van der Waals surface area contributed by atoms with E-state index in [2.05, 4.69) is 0 Å².